The second kappa shape index (κ2) is 12.4. The topological polar surface area (TPSA) is 13.1 Å². The first-order valence-corrected chi connectivity index (χ1v) is 17.4. The van der Waals surface area contributed by atoms with Crippen molar-refractivity contribution in [3.8, 4) is 5.69 Å². The fourth-order valence-corrected chi connectivity index (χ4v) is 7.62. The molecule has 0 unspecified atom stereocenters. The Morgan fingerprint density at radius 3 is 1.96 bits per heavy atom. The Bertz CT molecular complexity index is 2840. The minimum absolute atomic E-state index is 0.738. The van der Waals surface area contributed by atoms with Crippen LogP contribution in [0.5, 0.6) is 0 Å². The monoisotopic (exact) mass is 655 g/mol. The van der Waals surface area contributed by atoms with E-state index in [0.717, 1.165) is 45.2 Å². The fourth-order valence-electron chi connectivity index (χ4n) is 7.62. The van der Waals surface area contributed by atoms with Crippen LogP contribution < -0.4 is 15.3 Å². The third kappa shape index (κ3) is 5.22. The number of nitrogens with zero attached hydrogens (tertiary/aromatic N) is 3. The van der Waals surface area contributed by atoms with Gasteiger partial charge in [0.15, 0.2) is 0 Å². The lowest BCUT2D eigenvalue weighted by Gasteiger charge is -2.25. The van der Waals surface area contributed by atoms with E-state index in [-0.39, 0.29) is 0 Å². The van der Waals surface area contributed by atoms with E-state index in [1.54, 1.807) is 0 Å². The van der Waals surface area contributed by atoms with Gasteiger partial charge in [-0.25, -0.2) is 0 Å². The summed E-state index contributed by atoms with van der Waals surface area (Å²) < 4.78 is 4.89. The molecule has 0 bridgehead atoms. The highest BCUT2D eigenvalue weighted by atomic mass is 15.1. The van der Waals surface area contributed by atoms with Crippen LogP contribution in [-0.2, 0) is 6.54 Å². The zero-order valence-electron chi connectivity index (χ0n) is 28.6. The number of anilines is 2. The van der Waals surface area contributed by atoms with E-state index < -0.39 is 0 Å². The van der Waals surface area contributed by atoms with Gasteiger partial charge in [-0.3, -0.25) is 0 Å². The van der Waals surface area contributed by atoms with E-state index in [1.165, 1.54) is 49.2 Å². The number of hydrogen-bond acceptors (Lipinski definition) is 1. The zero-order chi connectivity index (χ0) is 34.5. The molecule has 3 nitrogen and oxygen atoms in total. The maximum Gasteiger partial charge on any atom is 0.0541 e. The summed E-state index contributed by atoms with van der Waals surface area (Å²) in [5.41, 5.74) is 11.5. The summed E-state index contributed by atoms with van der Waals surface area (Å²) in [5, 5.41) is 7.15. The van der Waals surface area contributed by atoms with Crippen LogP contribution in [0.4, 0.5) is 11.4 Å². The van der Waals surface area contributed by atoms with Crippen molar-refractivity contribution < 1.29 is 0 Å². The predicted octanol–water partition coefficient (Wildman–Crippen LogP) is 11.0. The number of hydrogen-bond donors (Lipinski definition) is 0. The molecule has 51 heavy (non-hydrogen) atoms. The van der Waals surface area contributed by atoms with Gasteiger partial charge in [-0.1, -0.05) is 134 Å². The molecule has 3 heteroatoms. The van der Waals surface area contributed by atoms with E-state index in [2.05, 4.69) is 198 Å². The first-order valence-electron chi connectivity index (χ1n) is 17.4. The molecule has 0 amide bonds. The smallest absolute Gasteiger partial charge is 0.0541 e. The number of benzene rings is 6. The van der Waals surface area contributed by atoms with E-state index in [9.17, 15) is 0 Å². The van der Waals surface area contributed by atoms with Gasteiger partial charge in [0.2, 0.25) is 0 Å². The first kappa shape index (κ1) is 30.5. The third-order valence-corrected chi connectivity index (χ3v) is 10.1. The number of para-hydroxylation sites is 3. The van der Waals surface area contributed by atoms with Crippen molar-refractivity contribution in [3.63, 3.8) is 0 Å². The SMILES string of the molecule is C=C1/C=C\C=C/N(c2ccc3c4ccc(-n5c6ccccc6c6ccccc65)cc4n(C/C(C)=C/C=c4/ccccc4=C)c3c2)c2ccccc21. The molecule has 3 heterocycles. The van der Waals surface area contributed by atoms with Crippen LogP contribution in [0.3, 0.4) is 0 Å². The highest BCUT2D eigenvalue weighted by Crippen LogP contribution is 2.39. The molecule has 0 saturated heterocycles. The van der Waals surface area contributed by atoms with Gasteiger partial charge in [0.25, 0.3) is 0 Å². The Hall–Kier alpha value is -6.58. The Kier molecular flexibility index (Phi) is 7.40. The maximum absolute atomic E-state index is 4.36. The largest absolute Gasteiger partial charge is 0.336 e. The summed E-state index contributed by atoms with van der Waals surface area (Å²) >= 11 is 0. The predicted molar refractivity (Wildman–Crippen MR) is 219 cm³/mol. The number of rotatable bonds is 5. The first-order chi connectivity index (χ1) is 25.0. The highest BCUT2D eigenvalue weighted by molar-refractivity contribution is 6.12. The molecule has 0 atom stereocenters. The number of fused-ring (bicyclic) bond motifs is 7. The summed E-state index contributed by atoms with van der Waals surface area (Å²) in [6, 6.07) is 48.0. The van der Waals surface area contributed by atoms with Gasteiger partial charge >= 0.3 is 0 Å². The van der Waals surface area contributed by atoms with E-state index in [1.807, 2.05) is 6.07 Å². The third-order valence-electron chi connectivity index (χ3n) is 10.1. The van der Waals surface area contributed by atoms with Crippen LogP contribution in [0.2, 0.25) is 0 Å². The van der Waals surface area contributed by atoms with Gasteiger partial charge < -0.3 is 14.0 Å². The van der Waals surface area contributed by atoms with Crippen LogP contribution in [0, 0.1) is 0 Å². The summed E-state index contributed by atoms with van der Waals surface area (Å²) in [5.74, 6) is 0. The van der Waals surface area contributed by atoms with Gasteiger partial charge in [-0.2, -0.15) is 0 Å². The van der Waals surface area contributed by atoms with Crippen molar-refractivity contribution in [2.24, 2.45) is 0 Å². The Morgan fingerprint density at radius 2 is 1.22 bits per heavy atom. The fraction of sp³-hybridized carbons (Fsp3) is 0.0417. The molecular formula is C48H37N3. The zero-order valence-corrected chi connectivity index (χ0v) is 28.6. The van der Waals surface area contributed by atoms with Gasteiger partial charge in [0.1, 0.15) is 0 Å². The molecule has 0 radical (unpaired) electrons. The standard InChI is InChI=1S/C48H37N3/c1-33(23-24-36-16-5-4-14-34(36)2)32-50-47-30-37(49-29-13-12-15-35(3)39-17-6-9-20-44(39)49)25-27-42(47)43-28-26-38(31-48(43)50)51-45-21-10-7-18-40(45)41-19-8-11-22-46(41)51/h4-31H,2-3,32H2,1H3/b15-12-,29-13-,33-23+,36-24-. The Labute approximate surface area is 297 Å². The van der Waals surface area contributed by atoms with Crippen molar-refractivity contribution in [2.45, 2.75) is 13.5 Å². The lowest BCUT2D eigenvalue weighted by Crippen LogP contribution is -2.21. The molecule has 8 aromatic rings. The van der Waals surface area contributed by atoms with Crippen molar-refractivity contribution in [1.82, 2.24) is 9.13 Å². The molecule has 244 valence electrons. The van der Waals surface area contributed by atoms with Gasteiger partial charge in [-0.05, 0) is 71.5 Å². The molecule has 6 aromatic carbocycles. The van der Waals surface area contributed by atoms with Crippen molar-refractivity contribution in [3.05, 3.63) is 192 Å². The average molecular weight is 656 g/mol. The van der Waals surface area contributed by atoms with Gasteiger partial charge in [0.05, 0.1) is 27.8 Å². The van der Waals surface area contributed by atoms with Crippen molar-refractivity contribution in [1.29, 1.82) is 0 Å². The molecule has 0 aliphatic carbocycles. The van der Waals surface area contributed by atoms with Gasteiger partial charge in [0, 0.05) is 51.2 Å². The normalized spacial score (nSPS) is 15.1. The number of allylic oxidation sites excluding steroid dienone is 6. The molecule has 2 aromatic heterocycles. The Morgan fingerprint density at radius 1 is 0.608 bits per heavy atom. The lowest BCUT2D eigenvalue weighted by molar-refractivity contribution is 0.849. The second-order valence-corrected chi connectivity index (χ2v) is 13.4. The van der Waals surface area contributed by atoms with E-state index in [4.69, 9.17) is 0 Å². The van der Waals surface area contributed by atoms with Crippen LogP contribution >= 0.6 is 0 Å². The molecular weight excluding hydrogens is 619 g/mol. The molecule has 0 N–H and O–H groups in total. The van der Waals surface area contributed by atoms with Crippen molar-refractivity contribution in [2.75, 3.05) is 4.90 Å². The average Bonchev–Trinajstić information content (AvgIpc) is 3.65. The van der Waals surface area contributed by atoms with Gasteiger partial charge in [-0.15, -0.1) is 0 Å². The summed E-state index contributed by atoms with van der Waals surface area (Å²) in [6.07, 6.45) is 12.8. The molecule has 0 saturated carbocycles. The van der Waals surface area contributed by atoms with Crippen LogP contribution in [0.15, 0.2) is 176 Å². The van der Waals surface area contributed by atoms with Crippen molar-refractivity contribution >= 4 is 73.2 Å². The van der Waals surface area contributed by atoms with E-state index >= 15 is 0 Å². The van der Waals surface area contributed by atoms with Crippen LogP contribution in [0.25, 0.3) is 67.5 Å². The summed E-state index contributed by atoms with van der Waals surface area (Å²) in [6.45, 7) is 11.5. The quantitative estimate of drug-likeness (QED) is 0.180. The summed E-state index contributed by atoms with van der Waals surface area (Å²) in [4.78, 5) is 2.27. The highest BCUT2D eigenvalue weighted by Gasteiger charge is 2.19. The second-order valence-electron chi connectivity index (χ2n) is 13.4. The molecule has 0 spiro atoms. The Balaban J connectivity index is 1.27. The molecule has 1 aliphatic rings. The molecule has 1 aliphatic heterocycles. The maximum atomic E-state index is 4.36. The van der Waals surface area contributed by atoms with E-state index in [0.29, 0.717) is 0 Å². The van der Waals surface area contributed by atoms with Crippen LogP contribution in [-0.4, -0.2) is 9.13 Å². The minimum Gasteiger partial charge on any atom is -0.336 e. The molecule has 0 fully saturated rings. The van der Waals surface area contributed by atoms with Crippen LogP contribution in [0.1, 0.15) is 12.5 Å². The minimum atomic E-state index is 0.738. The molecule has 9 rings (SSSR count). The summed E-state index contributed by atoms with van der Waals surface area (Å²) in [7, 11) is 0. The number of aromatic nitrogens is 2. The lowest BCUT2D eigenvalue weighted by atomic mass is 10.0.